The fourth-order valence-electron chi connectivity index (χ4n) is 5.50. The highest BCUT2D eigenvalue weighted by atomic mass is 19.1. The average Bonchev–Trinajstić information content (AvgIpc) is 3.33. The highest BCUT2D eigenvalue weighted by Gasteiger charge is 2.39. The zero-order chi connectivity index (χ0) is 26.6. The molecule has 2 aliphatic heterocycles. The first-order valence-electron chi connectivity index (χ1n) is 12.9. The standard InChI is InChI=1S/C30H33F2N3O3/c1-37-28-12-21-10-11-34(18-23(21)13-29(28)38-2)30(36)27-15-25(19-35(27)17-20-6-4-3-5-7-20)33-16-22-8-9-24(31)14-26(22)32/h3-9,12-14,25,27,33H,10-11,15-19H2,1-2H3/t25-,27-/m0/s1. The smallest absolute Gasteiger partial charge is 0.240 e. The number of likely N-dealkylation sites (tertiary alicyclic amines) is 1. The van der Waals surface area contributed by atoms with Gasteiger partial charge in [0.15, 0.2) is 11.5 Å². The number of ether oxygens (including phenoxy) is 2. The molecule has 3 aromatic rings. The molecule has 6 nitrogen and oxygen atoms in total. The van der Waals surface area contributed by atoms with Crippen LogP contribution in [0, 0.1) is 11.6 Å². The van der Waals surface area contributed by atoms with Crippen LogP contribution < -0.4 is 14.8 Å². The fourth-order valence-corrected chi connectivity index (χ4v) is 5.50. The number of hydrogen-bond acceptors (Lipinski definition) is 5. The van der Waals surface area contributed by atoms with Gasteiger partial charge >= 0.3 is 0 Å². The molecule has 5 rings (SSSR count). The van der Waals surface area contributed by atoms with Crippen molar-refractivity contribution in [2.45, 2.75) is 44.6 Å². The van der Waals surface area contributed by atoms with E-state index >= 15 is 0 Å². The topological polar surface area (TPSA) is 54.0 Å². The summed E-state index contributed by atoms with van der Waals surface area (Å²) in [5.41, 5.74) is 3.78. The number of carbonyl (C=O) groups excluding carboxylic acids is 1. The van der Waals surface area contributed by atoms with E-state index in [1.165, 1.54) is 17.7 Å². The molecule has 2 atom stereocenters. The van der Waals surface area contributed by atoms with Gasteiger partial charge < -0.3 is 19.7 Å². The van der Waals surface area contributed by atoms with Crippen LogP contribution >= 0.6 is 0 Å². The molecule has 0 bridgehead atoms. The van der Waals surface area contributed by atoms with Crippen LogP contribution in [0.2, 0.25) is 0 Å². The molecular formula is C30H33F2N3O3. The Labute approximate surface area is 222 Å². The summed E-state index contributed by atoms with van der Waals surface area (Å²) >= 11 is 0. The molecule has 0 spiro atoms. The number of fused-ring (bicyclic) bond motifs is 1. The molecule has 0 radical (unpaired) electrons. The second-order valence-corrected chi connectivity index (χ2v) is 9.97. The molecule has 200 valence electrons. The van der Waals surface area contributed by atoms with Gasteiger partial charge in [0, 0.05) is 50.4 Å². The molecule has 3 aromatic carbocycles. The van der Waals surface area contributed by atoms with Crippen molar-refractivity contribution >= 4 is 5.91 Å². The molecule has 8 heteroatoms. The minimum absolute atomic E-state index is 0.00135. The van der Waals surface area contributed by atoms with Crippen LogP contribution in [-0.4, -0.2) is 55.1 Å². The first kappa shape index (κ1) is 26.1. The first-order chi connectivity index (χ1) is 18.4. The van der Waals surface area contributed by atoms with Crippen LogP contribution in [0.15, 0.2) is 60.7 Å². The summed E-state index contributed by atoms with van der Waals surface area (Å²) in [6.07, 6.45) is 1.36. The average molecular weight is 522 g/mol. The number of amides is 1. The van der Waals surface area contributed by atoms with Crippen LogP contribution in [0.3, 0.4) is 0 Å². The van der Waals surface area contributed by atoms with Crippen molar-refractivity contribution in [3.8, 4) is 11.5 Å². The van der Waals surface area contributed by atoms with Gasteiger partial charge in [-0.05, 0) is 47.7 Å². The van der Waals surface area contributed by atoms with Crippen LogP contribution in [0.5, 0.6) is 11.5 Å². The molecule has 2 heterocycles. The van der Waals surface area contributed by atoms with Gasteiger partial charge in [0.25, 0.3) is 0 Å². The Morgan fingerprint density at radius 1 is 1.00 bits per heavy atom. The van der Waals surface area contributed by atoms with E-state index < -0.39 is 11.6 Å². The maximum Gasteiger partial charge on any atom is 0.240 e. The number of nitrogens with one attached hydrogen (secondary N) is 1. The fraction of sp³-hybridized carbons (Fsp3) is 0.367. The lowest BCUT2D eigenvalue weighted by Crippen LogP contribution is -2.47. The summed E-state index contributed by atoms with van der Waals surface area (Å²) in [4.78, 5) is 18.0. The lowest BCUT2D eigenvalue weighted by atomic mass is 9.97. The van der Waals surface area contributed by atoms with E-state index in [4.69, 9.17) is 9.47 Å². The first-order valence-corrected chi connectivity index (χ1v) is 12.9. The van der Waals surface area contributed by atoms with E-state index in [2.05, 4.69) is 22.3 Å². The van der Waals surface area contributed by atoms with E-state index in [0.29, 0.717) is 49.7 Å². The summed E-state index contributed by atoms with van der Waals surface area (Å²) in [5, 5.41) is 3.40. The molecule has 0 saturated carbocycles. The normalized spacial score (nSPS) is 19.3. The maximum absolute atomic E-state index is 14.2. The molecule has 1 amide bonds. The number of carbonyl (C=O) groups is 1. The Bertz CT molecular complexity index is 1290. The van der Waals surface area contributed by atoms with E-state index in [9.17, 15) is 13.6 Å². The molecular weight excluding hydrogens is 488 g/mol. The molecule has 0 aromatic heterocycles. The second-order valence-electron chi connectivity index (χ2n) is 9.97. The molecule has 38 heavy (non-hydrogen) atoms. The predicted octanol–water partition coefficient (Wildman–Crippen LogP) is 4.30. The lowest BCUT2D eigenvalue weighted by Gasteiger charge is -2.34. The highest BCUT2D eigenvalue weighted by molar-refractivity contribution is 5.82. The van der Waals surface area contributed by atoms with Crippen molar-refractivity contribution in [3.63, 3.8) is 0 Å². The number of benzene rings is 3. The lowest BCUT2D eigenvalue weighted by molar-refractivity contribution is -0.137. The number of halogens is 2. The van der Waals surface area contributed by atoms with E-state index in [1.807, 2.05) is 35.2 Å². The Morgan fingerprint density at radius 3 is 2.45 bits per heavy atom. The van der Waals surface area contributed by atoms with E-state index in [-0.39, 0.29) is 24.5 Å². The minimum Gasteiger partial charge on any atom is -0.493 e. The Balaban J connectivity index is 1.32. The molecule has 0 aliphatic carbocycles. The second kappa shape index (κ2) is 11.5. The van der Waals surface area contributed by atoms with Gasteiger partial charge in [0.2, 0.25) is 5.91 Å². The summed E-state index contributed by atoms with van der Waals surface area (Å²) in [6, 6.07) is 17.4. The summed E-state index contributed by atoms with van der Waals surface area (Å²) in [7, 11) is 3.24. The molecule has 1 saturated heterocycles. The van der Waals surface area contributed by atoms with Gasteiger partial charge in [-0.1, -0.05) is 36.4 Å². The SMILES string of the molecule is COc1cc2c(cc1OC)CN(C(=O)[C@@H]1C[C@H](NCc3ccc(F)cc3F)CN1Cc1ccccc1)CC2. The highest BCUT2D eigenvalue weighted by Crippen LogP contribution is 2.34. The summed E-state index contributed by atoms with van der Waals surface area (Å²) in [6.45, 7) is 2.73. The predicted molar refractivity (Wildman–Crippen MR) is 141 cm³/mol. The van der Waals surface area contributed by atoms with Gasteiger partial charge in [-0.3, -0.25) is 9.69 Å². The third-order valence-electron chi connectivity index (χ3n) is 7.54. The Morgan fingerprint density at radius 2 is 1.74 bits per heavy atom. The van der Waals surface area contributed by atoms with Crippen molar-refractivity contribution in [2.75, 3.05) is 27.3 Å². The Kier molecular flexibility index (Phi) is 7.90. The number of methoxy groups -OCH3 is 2. The Hall–Kier alpha value is -3.49. The number of rotatable bonds is 8. The zero-order valence-electron chi connectivity index (χ0n) is 21.8. The molecule has 1 N–H and O–H groups in total. The maximum atomic E-state index is 14.2. The van der Waals surface area contributed by atoms with Gasteiger partial charge in [-0.15, -0.1) is 0 Å². The third kappa shape index (κ3) is 5.66. The van der Waals surface area contributed by atoms with Crippen molar-refractivity contribution < 1.29 is 23.0 Å². The zero-order valence-corrected chi connectivity index (χ0v) is 21.8. The van der Waals surface area contributed by atoms with Crippen LogP contribution in [0.25, 0.3) is 0 Å². The van der Waals surface area contributed by atoms with Crippen molar-refractivity contribution in [3.05, 3.63) is 94.6 Å². The van der Waals surface area contributed by atoms with Gasteiger partial charge in [0.1, 0.15) is 11.6 Å². The number of hydrogen-bond donors (Lipinski definition) is 1. The van der Waals surface area contributed by atoms with Crippen LogP contribution in [0.1, 0.15) is 28.7 Å². The van der Waals surface area contributed by atoms with Gasteiger partial charge in [-0.2, -0.15) is 0 Å². The van der Waals surface area contributed by atoms with Crippen molar-refractivity contribution in [1.29, 1.82) is 0 Å². The summed E-state index contributed by atoms with van der Waals surface area (Å²) in [5.74, 6) is 0.291. The van der Waals surface area contributed by atoms with Gasteiger partial charge in [-0.25, -0.2) is 8.78 Å². The van der Waals surface area contributed by atoms with Crippen molar-refractivity contribution in [1.82, 2.24) is 15.1 Å². The third-order valence-corrected chi connectivity index (χ3v) is 7.54. The van der Waals surface area contributed by atoms with Gasteiger partial charge in [0.05, 0.1) is 20.3 Å². The van der Waals surface area contributed by atoms with E-state index in [1.54, 1.807) is 14.2 Å². The van der Waals surface area contributed by atoms with Crippen LogP contribution in [0.4, 0.5) is 8.78 Å². The largest absolute Gasteiger partial charge is 0.493 e. The minimum atomic E-state index is -0.592. The molecule has 1 fully saturated rings. The van der Waals surface area contributed by atoms with Crippen molar-refractivity contribution in [2.24, 2.45) is 0 Å². The monoisotopic (exact) mass is 521 g/mol. The van der Waals surface area contributed by atoms with E-state index in [0.717, 1.165) is 23.6 Å². The summed E-state index contributed by atoms with van der Waals surface area (Å²) < 4.78 is 38.4. The number of nitrogens with zero attached hydrogens (tertiary/aromatic N) is 2. The quantitative estimate of drug-likeness (QED) is 0.479. The van der Waals surface area contributed by atoms with Crippen LogP contribution in [-0.2, 0) is 30.8 Å². The molecule has 0 unspecified atom stereocenters. The molecule has 2 aliphatic rings.